The molecule has 11 nitrogen and oxygen atoms in total. The molecule has 1 unspecified atom stereocenters. The largest absolute Gasteiger partial charge is 0.465 e. The number of nitrogen functional groups attached to an aromatic ring is 1. The first-order valence-electron chi connectivity index (χ1n) is 11.6. The fourth-order valence-corrected chi connectivity index (χ4v) is 4.36. The minimum Gasteiger partial charge on any atom is -0.465 e. The molecule has 192 valence electrons. The Balaban J connectivity index is 0.000000270. The smallest absolute Gasteiger partial charge is 0.410 e. The zero-order valence-electron chi connectivity index (χ0n) is 20.7. The molecule has 0 spiro atoms. The van der Waals surface area contributed by atoms with E-state index in [-0.39, 0.29) is 29.0 Å². The third kappa shape index (κ3) is 7.23. The molecule has 34 heavy (non-hydrogen) atoms. The van der Waals surface area contributed by atoms with Crippen molar-refractivity contribution in [3.63, 3.8) is 0 Å². The van der Waals surface area contributed by atoms with Crippen LogP contribution < -0.4 is 16.8 Å². The van der Waals surface area contributed by atoms with Crippen molar-refractivity contribution in [2.75, 3.05) is 30.7 Å². The van der Waals surface area contributed by atoms with Gasteiger partial charge in [-0.2, -0.15) is 4.98 Å². The number of likely N-dealkylation sites (tertiary alicyclic amines) is 2. The SMILES string of the molecule is CC(C)(C)OC(=O)N1CC[C@H](Nc2nc(Cl)ncc2N)C1.CCCC1(C)[C@@H](N)CCN1C(=O)O. The van der Waals surface area contributed by atoms with Gasteiger partial charge in [0.25, 0.3) is 0 Å². The second-order valence-corrected chi connectivity index (χ2v) is 10.3. The highest BCUT2D eigenvalue weighted by Crippen LogP contribution is 2.32. The number of rotatable bonds is 4. The maximum Gasteiger partial charge on any atom is 0.410 e. The standard InChI is InChI=1S/C13H20ClN5O2.C9H18N2O2/c1-13(2,3)21-12(20)19-5-4-8(7-19)17-10-9(15)6-16-11(14)18-10;1-3-5-9(2)7(10)4-6-11(9)8(12)13/h6,8H,4-5,7,15H2,1-3H3,(H,16,17,18);7H,3-6,10H2,1-2H3,(H,12,13)/t8-;7-,9?/m00/s1. The quantitative estimate of drug-likeness (QED) is 0.455. The van der Waals surface area contributed by atoms with Crippen molar-refractivity contribution in [2.24, 2.45) is 5.73 Å². The third-order valence-electron chi connectivity index (χ3n) is 6.03. The van der Waals surface area contributed by atoms with Gasteiger partial charge in [-0.15, -0.1) is 0 Å². The van der Waals surface area contributed by atoms with Gasteiger partial charge < -0.3 is 36.4 Å². The molecule has 0 radical (unpaired) electrons. The average molecular weight is 500 g/mol. The summed E-state index contributed by atoms with van der Waals surface area (Å²) in [7, 11) is 0. The fraction of sp³-hybridized carbons (Fsp3) is 0.727. The summed E-state index contributed by atoms with van der Waals surface area (Å²) in [5.41, 5.74) is 11.3. The van der Waals surface area contributed by atoms with Gasteiger partial charge in [0.15, 0.2) is 5.82 Å². The van der Waals surface area contributed by atoms with E-state index in [2.05, 4.69) is 22.2 Å². The number of carbonyl (C=O) groups excluding carboxylic acids is 1. The molecule has 2 saturated heterocycles. The van der Waals surface area contributed by atoms with Crippen LogP contribution in [-0.4, -0.2) is 79.9 Å². The Hall–Kier alpha value is -2.53. The summed E-state index contributed by atoms with van der Waals surface area (Å²) in [6, 6.07) is 0.0503. The lowest BCUT2D eigenvalue weighted by Crippen LogP contribution is -2.52. The summed E-state index contributed by atoms with van der Waals surface area (Å²) in [5.74, 6) is 0.492. The topological polar surface area (TPSA) is 160 Å². The van der Waals surface area contributed by atoms with Gasteiger partial charge in [-0.1, -0.05) is 13.3 Å². The Bertz CT molecular complexity index is 866. The molecule has 1 aromatic heterocycles. The number of halogens is 1. The number of anilines is 2. The first-order chi connectivity index (χ1) is 15.8. The van der Waals surface area contributed by atoms with Gasteiger partial charge in [0, 0.05) is 31.7 Å². The van der Waals surface area contributed by atoms with Gasteiger partial charge >= 0.3 is 12.2 Å². The summed E-state index contributed by atoms with van der Waals surface area (Å²) >= 11 is 5.75. The van der Waals surface area contributed by atoms with Gasteiger partial charge in [0.1, 0.15) is 5.60 Å². The van der Waals surface area contributed by atoms with E-state index < -0.39 is 11.7 Å². The van der Waals surface area contributed by atoms with E-state index in [9.17, 15) is 9.59 Å². The van der Waals surface area contributed by atoms with Gasteiger partial charge in [-0.25, -0.2) is 14.6 Å². The molecular weight excluding hydrogens is 462 g/mol. The second kappa shape index (κ2) is 11.3. The van der Waals surface area contributed by atoms with Crippen LogP contribution in [0, 0.1) is 0 Å². The van der Waals surface area contributed by atoms with Crippen LogP contribution in [0.4, 0.5) is 21.1 Å². The van der Waals surface area contributed by atoms with Crippen molar-refractivity contribution in [1.29, 1.82) is 0 Å². The van der Waals surface area contributed by atoms with Crippen LogP contribution in [0.1, 0.15) is 60.3 Å². The van der Waals surface area contributed by atoms with E-state index in [1.165, 1.54) is 11.1 Å². The monoisotopic (exact) mass is 499 g/mol. The minimum atomic E-state index is -0.844. The van der Waals surface area contributed by atoms with E-state index >= 15 is 0 Å². The predicted octanol–water partition coefficient (Wildman–Crippen LogP) is 3.39. The Labute approximate surface area is 206 Å². The van der Waals surface area contributed by atoms with Gasteiger partial charge in [-0.3, -0.25) is 0 Å². The summed E-state index contributed by atoms with van der Waals surface area (Å²) < 4.78 is 5.35. The molecule has 0 bridgehead atoms. The summed E-state index contributed by atoms with van der Waals surface area (Å²) in [6.07, 6.45) is 3.69. The fourth-order valence-electron chi connectivity index (χ4n) is 4.22. The van der Waals surface area contributed by atoms with Crippen LogP contribution in [0.5, 0.6) is 0 Å². The Morgan fingerprint density at radius 2 is 2.03 bits per heavy atom. The Kier molecular flexibility index (Phi) is 9.18. The van der Waals surface area contributed by atoms with Crippen LogP contribution in [0.2, 0.25) is 5.28 Å². The van der Waals surface area contributed by atoms with Crippen LogP contribution in [0.25, 0.3) is 0 Å². The van der Waals surface area contributed by atoms with Crippen LogP contribution in [0.15, 0.2) is 6.20 Å². The van der Waals surface area contributed by atoms with Crippen LogP contribution in [-0.2, 0) is 4.74 Å². The first kappa shape index (κ1) is 27.7. The first-order valence-corrected chi connectivity index (χ1v) is 11.9. The summed E-state index contributed by atoms with van der Waals surface area (Å²) in [4.78, 5) is 33.9. The zero-order valence-corrected chi connectivity index (χ0v) is 21.4. The van der Waals surface area contributed by atoms with Crippen molar-refractivity contribution in [3.05, 3.63) is 11.5 Å². The highest BCUT2D eigenvalue weighted by Gasteiger charge is 2.44. The number of amides is 2. The number of nitrogens with zero attached hydrogens (tertiary/aromatic N) is 4. The lowest BCUT2D eigenvalue weighted by molar-refractivity contribution is 0.0293. The molecule has 0 aliphatic carbocycles. The molecule has 2 amide bonds. The van der Waals surface area contributed by atoms with E-state index in [4.69, 9.17) is 32.9 Å². The van der Waals surface area contributed by atoms with Gasteiger partial charge in [0.05, 0.1) is 17.4 Å². The van der Waals surface area contributed by atoms with Crippen LogP contribution >= 0.6 is 11.6 Å². The average Bonchev–Trinajstić information content (AvgIpc) is 3.29. The van der Waals surface area contributed by atoms with E-state index in [0.717, 1.165) is 25.7 Å². The predicted molar refractivity (Wildman–Crippen MR) is 132 cm³/mol. The minimum absolute atomic E-state index is 0.0106. The molecule has 2 fully saturated rings. The highest BCUT2D eigenvalue weighted by molar-refractivity contribution is 6.28. The lowest BCUT2D eigenvalue weighted by atomic mass is 9.89. The van der Waals surface area contributed by atoms with E-state index in [0.29, 0.717) is 31.1 Å². The van der Waals surface area contributed by atoms with Gasteiger partial charge in [-0.05, 0) is 58.6 Å². The molecule has 3 atom stereocenters. The van der Waals surface area contributed by atoms with Crippen molar-refractivity contribution < 1.29 is 19.4 Å². The Morgan fingerprint density at radius 3 is 2.62 bits per heavy atom. The van der Waals surface area contributed by atoms with E-state index in [1.54, 1.807) is 4.90 Å². The van der Waals surface area contributed by atoms with Crippen molar-refractivity contribution in [2.45, 2.75) is 83.5 Å². The molecule has 6 N–H and O–H groups in total. The summed E-state index contributed by atoms with van der Waals surface area (Å²) in [5, 5.41) is 12.3. The number of nitrogens with one attached hydrogen (secondary N) is 1. The summed E-state index contributed by atoms with van der Waals surface area (Å²) in [6.45, 7) is 11.3. The van der Waals surface area contributed by atoms with Crippen molar-refractivity contribution >= 4 is 35.3 Å². The normalized spacial score (nSPS) is 24.4. The van der Waals surface area contributed by atoms with E-state index in [1.807, 2.05) is 27.7 Å². The van der Waals surface area contributed by atoms with Crippen molar-refractivity contribution in [3.8, 4) is 0 Å². The van der Waals surface area contributed by atoms with Crippen LogP contribution in [0.3, 0.4) is 0 Å². The number of ether oxygens (including phenoxy) is 1. The number of carbonyl (C=O) groups is 2. The lowest BCUT2D eigenvalue weighted by Gasteiger charge is -2.36. The molecular formula is C22H38ClN7O4. The third-order valence-corrected chi connectivity index (χ3v) is 6.22. The molecule has 0 aromatic carbocycles. The molecule has 3 rings (SSSR count). The molecule has 2 aliphatic heterocycles. The van der Waals surface area contributed by atoms with Gasteiger partial charge in [0.2, 0.25) is 5.28 Å². The molecule has 3 heterocycles. The number of hydrogen-bond acceptors (Lipinski definition) is 8. The maximum absolute atomic E-state index is 12.0. The second-order valence-electron chi connectivity index (χ2n) is 9.94. The number of aromatic nitrogens is 2. The highest BCUT2D eigenvalue weighted by atomic mass is 35.5. The number of nitrogens with two attached hydrogens (primary N) is 2. The molecule has 2 aliphatic rings. The Morgan fingerprint density at radius 1 is 1.35 bits per heavy atom. The zero-order chi connectivity index (χ0) is 25.7. The maximum atomic E-state index is 12.0. The molecule has 12 heteroatoms. The molecule has 0 saturated carbocycles. The molecule has 1 aromatic rings. The number of carboxylic acid groups (broad SMARTS) is 1. The number of hydrogen-bond donors (Lipinski definition) is 4. The van der Waals surface area contributed by atoms with Crippen molar-refractivity contribution in [1.82, 2.24) is 19.8 Å².